The van der Waals surface area contributed by atoms with Crippen molar-refractivity contribution in [1.29, 1.82) is 5.41 Å². The van der Waals surface area contributed by atoms with E-state index in [-0.39, 0.29) is 11.7 Å². The van der Waals surface area contributed by atoms with Crippen LogP contribution in [-0.4, -0.2) is 15.4 Å². The highest BCUT2D eigenvalue weighted by Gasteiger charge is 2.13. The van der Waals surface area contributed by atoms with Crippen molar-refractivity contribution < 1.29 is 4.39 Å². The van der Waals surface area contributed by atoms with E-state index in [1.54, 1.807) is 18.3 Å². The lowest BCUT2D eigenvalue weighted by atomic mass is 10.1. The summed E-state index contributed by atoms with van der Waals surface area (Å²) in [4.78, 5) is 4.32. The summed E-state index contributed by atoms with van der Waals surface area (Å²) < 4.78 is 15.9. The van der Waals surface area contributed by atoms with Crippen LogP contribution in [0.25, 0.3) is 0 Å². The van der Waals surface area contributed by atoms with E-state index >= 15 is 0 Å². The van der Waals surface area contributed by atoms with Crippen LogP contribution in [0.3, 0.4) is 0 Å². The lowest BCUT2D eigenvalue weighted by Gasteiger charge is -2.12. The third-order valence-corrected chi connectivity index (χ3v) is 4.20. The van der Waals surface area contributed by atoms with Gasteiger partial charge in [-0.2, -0.15) is 0 Å². The maximum absolute atomic E-state index is 14.0. The van der Waals surface area contributed by atoms with Gasteiger partial charge >= 0.3 is 0 Å². The molecule has 6 heteroatoms. The zero-order valence-corrected chi connectivity index (χ0v) is 13.6. The molecule has 24 heavy (non-hydrogen) atoms. The van der Waals surface area contributed by atoms with Crippen molar-refractivity contribution in [2.45, 2.75) is 13.0 Å². The van der Waals surface area contributed by atoms with E-state index in [1.165, 1.54) is 6.07 Å². The molecule has 0 aliphatic heterocycles. The summed E-state index contributed by atoms with van der Waals surface area (Å²) in [5, 5.41) is 8.06. The minimum Gasteiger partial charge on any atom is -0.384 e. The lowest BCUT2D eigenvalue weighted by molar-refractivity contribution is 0.609. The van der Waals surface area contributed by atoms with Crippen molar-refractivity contribution in [3.63, 3.8) is 0 Å². The second-order valence-electron chi connectivity index (χ2n) is 5.42. The van der Waals surface area contributed by atoms with Gasteiger partial charge in [-0.15, -0.1) is 0 Å². The van der Waals surface area contributed by atoms with Crippen LogP contribution >= 0.6 is 11.6 Å². The van der Waals surface area contributed by atoms with Crippen molar-refractivity contribution in [2.24, 2.45) is 5.73 Å². The van der Waals surface area contributed by atoms with E-state index in [4.69, 9.17) is 22.7 Å². The van der Waals surface area contributed by atoms with Gasteiger partial charge in [-0.25, -0.2) is 9.37 Å². The molecule has 0 amide bonds. The van der Waals surface area contributed by atoms with Gasteiger partial charge in [0.2, 0.25) is 0 Å². The second-order valence-corrected chi connectivity index (χ2v) is 5.83. The molecule has 2 aromatic carbocycles. The third-order valence-electron chi connectivity index (χ3n) is 3.85. The smallest absolute Gasteiger partial charge is 0.128 e. The molecule has 0 unspecified atom stereocenters. The van der Waals surface area contributed by atoms with Crippen molar-refractivity contribution in [3.05, 3.63) is 88.2 Å². The van der Waals surface area contributed by atoms with E-state index in [1.807, 2.05) is 35.0 Å². The summed E-state index contributed by atoms with van der Waals surface area (Å²) in [5.74, 6) is 0.367. The number of nitrogens with one attached hydrogen (secondary N) is 1. The number of hydrogen-bond donors (Lipinski definition) is 2. The third kappa shape index (κ3) is 3.31. The SMILES string of the molecule is N=C(N)c1ccccc1Cn1ccnc1Cc1c(F)cccc1Cl. The van der Waals surface area contributed by atoms with Gasteiger partial charge in [-0.1, -0.05) is 41.9 Å². The van der Waals surface area contributed by atoms with Gasteiger partial charge in [-0.05, 0) is 17.7 Å². The summed E-state index contributed by atoms with van der Waals surface area (Å²) in [6, 6.07) is 12.1. The first-order valence-electron chi connectivity index (χ1n) is 7.41. The van der Waals surface area contributed by atoms with Crippen LogP contribution < -0.4 is 5.73 Å². The van der Waals surface area contributed by atoms with Crippen LogP contribution in [0.5, 0.6) is 0 Å². The van der Waals surface area contributed by atoms with Gasteiger partial charge in [0.25, 0.3) is 0 Å². The van der Waals surface area contributed by atoms with E-state index in [2.05, 4.69) is 4.98 Å². The van der Waals surface area contributed by atoms with Gasteiger partial charge in [-0.3, -0.25) is 5.41 Å². The predicted octanol–water partition coefficient (Wildman–Crippen LogP) is 3.60. The van der Waals surface area contributed by atoms with Crippen LogP contribution in [0.4, 0.5) is 4.39 Å². The maximum atomic E-state index is 14.0. The Labute approximate surface area is 144 Å². The molecular weight excluding hydrogens is 327 g/mol. The number of halogens is 2. The Morgan fingerprint density at radius 1 is 1.21 bits per heavy atom. The largest absolute Gasteiger partial charge is 0.384 e. The highest BCUT2D eigenvalue weighted by Crippen LogP contribution is 2.22. The fraction of sp³-hybridized carbons (Fsp3) is 0.111. The standard InChI is InChI=1S/C18H16ClFN4/c19-15-6-3-7-16(20)14(15)10-17-23-8-9-24(17)11-12-4-1-2-5-13(12)18(21)22/h1-9H,10-11H2,(H3,21,22). The fourth-order valence-electron chi connectivity index (χ4n) is 2.61. The Morgan fingerprint density at radius 3 is 2.75 bits per heavy atom. The van der Waals surface area contributed by atoms with E-state index in [0.29, 0.717) is 34.9 Å². The molecule has 1 heterocycles. The molecule has 3 aromatic rings. The van der Waals surface area contributed by atoms with E-state index < -0.39 is 0 Å². The zero-order chi connectivity index (χ0) is 17.1. The van der Waals surface area contributed by atoms with Crippen LogP contribution in [-0.2, 0) is 13.0 Å². The molecule has 0 radical (unpaired) electrons. The van der Waals surface area contributed by atoms with E-state index in [9.17, 15) is 4.39 Å². The first-order valence-corrected chi connectivity index (χ1v) is 7.79. The van der Waals surface area contributed by atoms with Crippen LogP contribution in [0.15, 0.2) is 54.9 Å². The van der Waals surface area contributed by atoms with Gasteiger partial charge in [0.1, 0.15) is 17.5 Å². The highest BCUT2D eigenvalue weighted by atomic mass is 35.5. The monoisotopic (exact) mass is 342 g/mol. The summed E-state index contributed by atoms with van der Waals surface area (Å²) in [7, 11) is 0. The lowest BCUT2D eigenvalue weighted by Crippen LogP contribution is -2.16. The number of nitrogens with two attached hydrogens (primary N) is 1. The molecule has 3 rings (SSSR count). The molecule has 0 spiro atoms. The summed E-state index contributed by atoms with van der Waals surface area (Å²) in [6.45, 7) is 0.497. The average Bonchev–Trinajstić information content (AvgIpc) is 2.98. The molecule has 1 aromatic heterocycles. The molecule has 0 atom stereocenters. The van der Waals surface area contributed by atoms with Crippen LogP contribution in [0.2, 0.25) is 5.02 Å². The number of hydrogen-bond acceptors (Lipinski definition) is 2. The van der Waals surface area contributed by atoms with Crippen molar-refractivity contribution >= 4 is 17.4 Å². The molecule has 3 N–H and O–H groups in total. The Morgan fingerprint density at radius 2 is 2.00 bits per heavy atom. The molecule has 0 fully saturated rings. The van der Waals surface area contributed by atoms with Crippen molar-refractivity contribution in [3.8, 4) is 0 Å². The normalized spacial score (nSPS) is 10.8. The van der Waals surface area contributed by atoms with Crippen molar-refractivity contribution in [1.82, 2.24) is 9.55 Å². The zero-order valence-electron chi connectivity index (χ0n) is 12.8. The predicted molar refractivity (Wildman–Crippen MR) is 93.0 cm³/mol. The molecule has 4 nitrogen and oxygen atoms in total. The number of nitrogens with zero attached hydrogens (tertiary/aromatic N) is 2. The quantitative estimate of drug-likeness (QED) is 0.549. The van der Waals surface area contributed by atoms with Crippen LogP contribution in [0.1, 0.15) is 22.5 Å². The molecule has 0 aliphatic carbocycles. The Balaban J connectivity index is 1.91. The number of aromatic nitrogens is 2. The summed E-state index contributed by atoms with van der Waals surface area (Å²) >= 11 is 6.10. The average molecular weight is 343 g/mol. The molecular formula is C18H16ClFN4. The first-order chi connectivity index (χ1) is 11.6. The number of benzene rings is 2. The van der Waals surface area contributed by atoms with Crippen molar-refractivity contribution in [2.75, 3.05) is 0 Å². The topological polar surface area (TPSA) is 67.7 Å². The second kappa shape index (κ2) is 6.84. The maximum Gasteiger partial charge on any atom is 0.128 e. The summed E-state index contributed by atoms with van der Waals surface area (Å²) in [5.41, 5.74) is 7.65. The summed E-state index contributed by atoms with van der Waals surface area (Å²) in [6.07, 6.45) is 3.78. The minimum atomic E-state index is -0.346. The number of amidine groups is 1. The Hall–Kier alpha value is -2.66. The minimum absolute atomic E-state index is 0.0180. The number of nitrogen functional groups attached to an aromatic ring is 1. The fourth-order valence-corrected chi connectivity index (χ4v) is 2.84. The van der Waals surface area contributed by atoms with Gasteiger partial charge in [0.05, 0.1) is 0 Å². The van der Waals surface area contributed by atoms with Gasteiger partial charge in [0.15, 0.2) is 0 Å². The van der Waals surface area contributed by atoms with E-state index in [0.717, 1.165) is 5.56 Å². The Bertz CT molecular complexity index is 868. The highest BCUT2D eigenvalue weighted by molar-refractivity contribution is 6.31. The Kier molecular flexibility index (Phi) is 4.62. The number of rotatable bonds is 5. The molecule has 0 saturated carbocycles. The number of imidazole rings is 1. The molecule has 0 aliphatic rings. The van der Waals surface area contributed by atoms with Crippen LogP contribution in [0, 0.1) is 11.2 Å². The van der Waals surface area contributed by atoms with Gasteiger partial charge < -0.3 is 10.3 Å². The first kappa shape index (κ1) is 16.2. The molecule has 122 valence electrons. The molecule has 0 saturated heterocycles. The molecule has 0 bridgehead atoms. The van der Waals surface area contributed by atoms with Gasteiger partial charge in [0, 0.05) is 41.5 Å².